The summed E-state index contributed by atoms with van der Waals surface area (Å²) < 4.78 is 40.6. The van der Waals surface area contributed by atoms with Crippen LogP contribution in [0.2, 0.25) is 0 Å². The van der Waals surface area contributed by atoms with Gasteiger partial charge in [0, 0.05) is 37.9 Å². The van der Waals surface area contributed by atoms with Crippen LogP contribution in [0.3, 0.4) is 0 Å². The molecule has 0 aromatic heterocycles. The fourth-order valence-corrected chi connectivity index (χ4v) is 5.69. The first kappa shape index (κ1) is 24.5. The number of benzene rings is 2. The zero-order chi connectivity index (χ0) is 25.7. The van der Waals surface area contributed by atoms with Gasteiger partial charge in [-0.1, -0.05) is 48.0 Å². The van der Waals surface area contributed by atoms with Crippen LogP contribution in [0.15, 0.2) is 48.5 Å². The van der Waals surface area contributed by atoms with Gasteiger partial charge in [-0.25, -0.2) is 0 Å². The summed E-state index contributed by atoms with van der Waals surface area (Å²) in [5, 5.41) is 0. The Morgan fingerprint density at radius 3 is 2.50 bits per heavy atom. The van der Waals surface area contributed by atoms with Crippen molar-refractivity contribution in [2.24, 2.45) is 0 Å². The Hall–Kier alpha value is -3.16. The molecule has 0 radical (unpaired) electrons. The van der Waals surface area contributed by atoms with Gasteiger partial charge in [0.05, 0.1) is 11.0 Å². The van der Waals surface area contributed by atoms with Crippen LogP contribution >= 0.6 is 0 Å². The Morgan fingerprint density at radius 1 is 1.06 bits per heavy atom. The van der Waals surface area contributed by atoms with Crippen LogP contribution in [0.4, 0.5) is 13.2 Å². The van der Waals surface area contributed by atoms with Gasteiger partial charge in [0.25, 0.3) is 0 Å². The molecule has 5 nitrogen and oxygen atoms in total. The minimum absolute atomic E-state index is 0.0828. The molecule has 0 spiro atoms. The Labute approximate surface area is 208 Å². The van der Waals surface area contributed by atoms with Crippen molar-refractivity contribution in [3.05, 3.63) is 70.8 Å². The molecule has 0 unspecified atom stereocenters. The van der Waals surface area contributed by atoms with Crippen molar-refractivity contribution in [3.63, 3.8) is 0 Å². The predicted molar refractivity (Wildman–Crippen MR) is 127 cm³/mol. The van der Waals surface area contributed by atoms with Crippen molar-refractivity contribution in [2.75, 3.05) is 13.1 Å². The lowest BCUT2D eigenvalue weighted by Crippen LogP contribution is -2.46. The van der Waals surface area contributed by atoms with E-state index in [9.17, 15) is 27.6 Å². The average molecular weight is 499 g/mol. The number of alkyl halides is 3. The first-order chi connectivity index (χ1) is 17.1. The Balaban J connectivity index is 1.45. The van der Waals surface area contributed by atoms with Crippen LogP contribution in [0.5, 0.6) is 0 Å². The van der Waals surface area contributed by atoms with Crippen LogP contribution in [-0.4, -0.2) is 46.7 Å². The summed E-state index contributed by atoms with van der Waals surface area (Å²) in [5.41, 5.74) is -0.149. The molecule has 0 N–H and O–H groups in total. The molecule has 3 amide bonds. The van der Waals surface area contributed by atoms with E-state index >= 15 is 0 Å². The number of aryl methyl sites for hydroxylation is 1. The van der Waals surface area contributed by atoms with Crippen molar-refractivity contribution in [1.29, 1.82) is 0 Å². The van der Waals surface area contributed by atoms with E-state index < -0.39 is 29.0 Å². The lowest BCUT2D eigenvalue weighted by atomic mass is 9.75. The van der Waals surface area contributed by atoms with Gasteiger partial charge in [0.15, 0.2) is 0 Å². The number of hydrogen-bond acceptors (Lipinski definition) is 3. The Bertz CT molecular complexity index is 1210. The largest absolute Gasteiger partial charge is 0.416 e. The first-order valence-electron chi connectivity index (χ1n) is 12.5. The molecule has 8 heteroatoms. The molecule has 36 heavy (non-hydrogen) atoms. The van der Waals surface area contributed by atoms with Gasteiger partial charge < -0.3 is 4.90 Å². The fourth-order valence-electron chi connectivity index (χ4n) is 5.69. The van der Waals surface area contributed by atoms with Crippen LogP contribution in [0, 0.1) is 6.92 Å². The Kier molecular flexibility index (Phi) is 6.17. The lowest BCUT2D eigenvalue weighted by molar-refractivity contribution is -0.143. The van der Waals surface area contributed by atoms with Gasteiger partial charge in [-0.2, -0.15) is 13.2 Å². The summed E-state index contributed by atoms with van der Waals surface area (Å²) in [6.45, 7) is 3.02. The van der Waals surface area contributed by atoms with E-state index in [1.807, 2.05) is 25.1 Å². The van der Waals surface area contributed by atoms with Gasteiger partial charge in [-0.15, -0.1) is 0 Å². The molecule has 2 aliphatic heterocycles. The zero-order valence-electron chi connectivity index (χ0n) is 20.2. The summed E-state index contributed by atoms with van der Waals surface area (Å²) in [6.07, 6.45) is -2.10. The maximum absolute atomic E-state index is 13.7. The summed E-state index contributed by atoms with van der Waals surface area (Å²) in [5.74, 6) is -1.11. The number of likely N-dealkylation sites (tertiary alicyclic amines) is 2. The molecule has 5 rings (SSSR count). The minimum Gasteiger partial charge on any atom is -0.342 e. The third-order valence-corrected chi connectivity index (χ3v) is 7.75. The molecule has 2 atom stereocenters. The van der Waals surface area contributed by atoms with E-state index in [1.165, 1.54) is 17.0 Å². The first-order valence-corrected chi connectivity index (χ1v) is 12.5. The molecule has 190 valence electrons. The number of piperidine rings is 1. The molecule has 3 fully saturated rings. The van der Waals surface area contributed by atoms with Crippen molar-refractivity contribution in [3.8, 4) is 0 Å². The fraction of sp³-hybridized carbons (Fsp3) is 0.464. The van der Waals surface area contributed by atoms with Gasteiger partial charge in [0.2, 0.25) is 17.7 Å². The molecule has 0 bridgehead atoms. The van der Waals surface area contributed by atoms with Gasteiger partial charge in [0.1, 0.15) is 0 Å². The maximum Gasteiger partial charge on any atom is 0.416 e. The standard InChI is InChI=1S/C28H29F3N2O3/c1-18-5-2-6-19(13-18)20-7-4-12-32(17-20)24(34)15-27(16-25(35)33(26(27)36)23-10-11-23)21-8-3-9-22(14-21)28(29,30)31/h2-3,5-6,8-9,13-14,20,23H,4,7,10-12,15-17H2,1H3/t20-,27-/m0/s1. The molecule has 2 aromatic rings. The summed E-state index contributed by atoms with van der Waals surface area (Å²) in [6, 6.07) is 12.5. The third kappa shape index (κ3) is 4.53. The summed E-state index contributed by atoms with van der Waals surface area (Å²) >= 11 is 0. The molecule has 1 aliphatic carbocycles. The van der Waals surface area contributed by atoms with E-state index in [-0.39, 0.29) is 36.3 Å². The normalized spacial score (nSPS) is 24.9. The van der Waals surface area contributed by atoms with Crippen LogP contribution in [0.25, 0.3) is 0 Å². The second kappa shape index (κ2) is 9.05. The second-order valence-electron chi connectivity index (χ2n) is 10.4. The number of carbonyl (C=O) groups excluding carboxylic acids is 3. The average Bonchev–Trinajstić information content (AvgIpc) is 3.64. The second-order valence-corrected chi connectivity index (χ2v) is 10.4. The smallest absolute Gasteiger partial charge is 0.342 e. The molecule has 2 heterocycles. The topological polar surface area (TPSA) is 57.7 Å². The minimum atomic E-state index is -4.60. The highest BCUT2D eigenvalue weighted by molar-refractivity contribution is 6.11. The number of carbonyl (C=O) groups is 3. The van der Waals surface area contributed by atoms with Crippen LogP contribution in [0.1, 0.15) is 66.7 Å². The van der Waals surface area contributed by atoms with Crippen molar-refractivity contribution in [1.82, 2.24) is 9.80 Å². The molecule has 2 aromatic carbocycles. The van der Waals surface area contributed by atoms with Gasteiger partial charge in [-0.3, -0.25) is 19.3 Å². The van der Waals surface area contributed by atoms with E-state index in [1.54, 1.807) is 4.90 Å². The van der Waals surface area contributed by atoms with E-state index in [4.69, 9.17) is 0 Å². The monoisotopic (exact) mass is 498 g/mol. The van der Waals surface area contributed by atoms with E-state index in [0.29, 0.717) is 25.9 Å². The van der Waals surface area contributed by atoms with Crippen LogP contribution < -0.4 is 0 Å². The van der Waals surface area contributed by atoms with Crippen molar-refractivity contribution >= 4 is 17.7 Å². The molecular formula is C28H29F3N2O3. The SMILES string of the molecule is Cc1cccc([C@H]2CCCN(C(=O)C[C@@]3(c4cccc(C(F)(F)F)c4)CC(=O)N(C4CC4)C3=O)C2)c1. The highest BCUT2D eigenvalue weighted by Crippen LogP contribution is 2.46. The maximum atomic E-state index is 13.7. The lowest BCUT2D eigenvalue weighted by Gasteiger charge is -2.36. The number of imide groups is 1. The van der Waals surface area contributed by atoms with E-state index in [2.05, 4.69) is 6.07 Å². The molecule has 2 saturated heterocycles. The van der Waals surface area contributed by atoms with Crippen molar-refractivity contribution in [2.45, 2.75) is 69.0 Å². The van der Waals surface area contributed by atoms with Crippen molar-refractivity contribution < 1.29 is 27.6 Å². The predicted octanol–water partition coefficient (Wildman–Crippen LogP) is 4.97. The van der Waals surface area contributed by atoms with Gasteiger partial charge in [-0.05, 0) is 49.8 Å². The number of halogens is 3. The number of amides is 3. The van der Waals surface area contributed by atoms with Crippen LogP contribution in [-0.2, 0) is 26.0 Å². The number of rotatable bonds is 5. The highest BCUT2D eigenvalue weighted by Gasteiger charge is 2.57. The Morgan fingerprint density at radius 2 is 1.81 bits per heavy atom. The molecule has 3 aliphatic rings. The van der Waals surface area contributed by atoms with E-state index in [0.717, 1.165) is 36.1 Å². The quantitative estimate of drug-likeness (QED) is 0.547. The number of nitrogens with zero attached hydrogens (tertiary/aromatic N) is 2. The zero-order valence-corrected chi connectivity index (χ0v) is 20.2. The molecule has 1 saturated carbocycles. The summed E-state index contributed by atoms with van der Waals surface area (Å²) in [4.78, 5) is 43.1. The molecular weight excluding hydrogens is 469 g/mol. The number of hydrogen-bond donors (Lipinski definition) is 0. The van der Waals surface area contributed by atoms with Gasteiger partial charge >= 0.3 is 6.18 Å². The summed E-state index contributed by atoms with van der Waals surface area (Å²) in [7, 11) is 0. The highest BCUT2D eigenvalue weighted by atomic mass is 19.4. The third-order valence-electron chi connectivity index (χ3n) is 7.75.